The second kappa shape index (κ2) is 18.5. The number of carbonyl (C=O) groups is 2. The SMILES string of the molecule is CCCCCCCCCCCCCCCCC/C=C\C(C(=O)O)C(=O)O. The molecule has 0 unspecified atom stereocenters. The fourth-order valence-electron chi connectivity index (χ4n) is 3.14. The third-order valence-electron chi connectivity index (χ3n) is 4.83. The van der Waals surface area contributed by atoms with E-state index in [1.165, 1.54) is 89.5 Å². The number of aliphatic carboxylic acids is 2. The molecule has 0 aliphatic carbocycles. The molecule has 0 rings (SSSR count). The van der Waals surface area contributed by atoms with Crippen molar-refractivity contribution in [3.8, 4) is 0 Å². The van der Waals surface area contributed by atoms with Crippen molar-refractivity contribution < 1.29 is 19.8 Å². The Bertz CT molecular complexity index is 362. The van der Waals surface area contributed by atoms with E-state index in [1.807, 2.05) is 0 Å². The number of hydrogen-bond acceptors (Lipinski definition) is 2. The van der Waals surface area contributed by atoms with Crippen LogP contribution >= 0.6 is 0 Å². The summed E-state index contributed by atoms with van der Waals surface area (Å²) in [5.41, 5.74) is 0. The highest BCUT2D eigenvalue weighted by Gasteiger charge is 2.21. The van der Waals surface area contributed by atoms with Gasteiger partial charge in [-0.15, -0.1) is 0 Å². The van der Waals surface area contributed by atoms with E-state index in [0.717, 1.165) is 19.3 Å². The zero-order valence-electron chi connectivity index (χ0n) is 16.8. The summed E-state index contributed by atoms with van der Waals surface area (Å²) in [6.07, 6.45) is 23.5. The van der Waals surface area contributed by atoms with Crippen molar-refractivity contribution in [1.29, 1.82) is 0 Å². The number of rotatable bonds is 19. The maximum absolute atomic E-state index is 10.7. The van der Waals surface area contributed by atoms with Crippen LogP contribution in [0, 0.1) is 5.92 Å². The lowest BCUT2D eigenvalue weighted by Gasteiger charge is -2.03. The third kappa shape index (κ3) is 16.2. The predicted molar refractivity (Wildman–Crippen MR) is 107 cm³/mol. The van der Waals surface area contributed by atoms with Crippen molar-refractivity contribution in [3.63, 3.8) is 0 Å². The van der Waals surface area contributed by atoms with Gasteiger partial charge in [0.25, 0.3) is 0 Å². The molecule has 0 radical (unpaired) electrons. The lowest BCUT2D eigenvalue weighted by Crippen LogP contribution is -2.20. The molecule has 4 nitrogen and oxygen atoms in total. The highest BCUT2D eigenvalue weighted by molar-refractivity contribution is 5.94. The third-order valence-corrected chi connectivity index (χ3v) is 4.83. The Morgan fingerprint density at radius 3 is 1.35 bits per heavy atom. The van der Waals surface area contributed by atoms with Gasteiger partial charge in [-0.25, -0.2) is 0 Å². The maximum atomic E-state index is 10.7. The van der Waals surface area contributed by atoms with Gasteiger partial charge in [-0.2, -0.15) is 0 Å². The van der Waals surface area contributed by atoms with Crippen LogP contribution in [0.4, 0.5) is 0 Å². The molecule has 0 atom stereocenters. The zero-order valence-corrected chi connectivity index (χ0v) is 16.8. The Morgan fingerprint density at radius 2 is 1.00 bits per heavy atom. The summed E-state index contributed by atoms with van der Waals surface area (Å²) in [6, 6.07) is 0. The molecule has 0 heterocycles. The van der Waals surface area contributed by atoms with E-state index in [0.29, 0.717) is 0 Å². The number of carboxylic acids is 2. The van der Waals surface area contributed by atoms with E-state index in [9.17, 15) is 9.59 Å². The van der Waals surface area contributed by atoms with Gasteiger partial charge in [0.15, 0.2) is 5.92 Å². The molecule has 0 saturated heterocycles. The highest BCUT2D eigenvalue weighted by Crippen LogP contribution is 2.14. The average Bonchev–Trinajstić information content (AvgIpc) is 2.60. The van der Waals surface area contributed by atoms with Gasteiger partial charge in [0.2, 0.25) is 0 Å². The molecule has 0 amide bonds. The van der Waals surface area contributed by atoms with Crippen LogP contribution in [-0.4, -0.2) is 22.2 Å². The van der Waals surface area contributed by atoms with Crippen molar-refractivity contribution in [1.82, 2.24) is 0 Å². The van der Waals surface area contributed by atoms with Crippen molar-refractivity contribution in [2.75, 3.05) is 0 Å². The van der Waals surface area contributed by atoms with Crippen molar-refractivity contribution in [2.45, 2.75) is 110 Å². The first-order valence-electron chi connectivity index (χ1n) is 10.7. The lowest BCUT2D eigenvalue weighted by molar-refractivity contribution is -0.151. The molecule has 0 aromatic rings. The number of carboxylic acid groups (broad SMARTS) is 2. The Hall–Kier alpha value is -1.32. The smallest absolute Gasteiger partial charge is 0.321 e. The minimum Gasteiger partial charge on any atom is -0.480 e. The van der Waals surface area contributed by atoms with Crippen LogP contribution in [0.15, 0.2) is 12.2 Å². The summed E-state index contributed by atoms with van der Waals surface area (Å²) in [7, 11) is 0. The van der Waals surface area contributed by atoms with Crippen molar-refractivity contribution in [2.24, 2.45) is 5.92 Å². The van der Waals surface area contributed by atoms with Crippen LogP contribution in [-0.2, 0) is 9.59 Å². The second-order valence-electron chi connectivity index (χ2n) is 7.32. The first-order chi connectivity index (χ1) is 12.6. The number of allylic oxidation sites excluding steroid dienone is 1. The largest absolute Gasteiger partial charge is 0.480 e. The van der Waals surface area contributed by atoms with Crippen molar-refractivity contribution >= 4 is 11.9 Å². The zero-order chi connectivity index (χ0) is 19.5. The van der Waals surface area contributed by atoms with Gasteiger partial charge in [-0.3, -0.25) is 9.59 Å². The predicted octanol–water partition coefficient (Wildman–Crippen LogP) is 6.59. The molecule has 0 aromatic carbocycles. The van der Waals surface area contributed by atoms with Crippen molar-refractivity contribution in [3.05, 3.63) is 12.2 Å². The monoisotopic (exact) mass is 368 g/mol. The Balaban J connectivity index is 3.29. The van der Waals surface area contributed by atoms with Gasteiger partial charge in [0, 0.05) is 0 Å². The molecule has 4 heteroatoms. The molecular weight excluding hydrogens is 328 g/mol. The molecule has 0 saturated carbocycles. The summed E-state index contributed by atoms with van der Waals surface area (Å²) in [4.78, 5) is 21.4. The summed E-state index contributed by atoms with van der Waals surface area (Å²) in [5, 5.41) is 17.5. The molecule has 152 valence electrons. The lowest BCUT2D eigenvalue weighted by atomic mass is 10.0. The normalized spacial score (nSPS) is 11.5. The molecule has 0 fully saturated rings. The van der Waals surface area contributed by atoms with Gasteiger partial charge >= 0.3 is 11.9 Å². The quantitative estimate of drug-likeness (QED) is 0.153. The summed E-state index contributed by atoms with van der Waals surface area (Å²) < 4.78 is 0. The summed E-state index contributed by atoms with van der Waals surface area (Å²) >= 11 is 0. The van der Waals surface area contributed by atoms with Crippen LogP contribution in [0.1, 0.15) is 110 Å². The van der Waals surface area contributed by atoms with Crippen LogP contribution < -0.4 is 0 Å². The van der Waals surface area contributed by atoms with Gasteiger partial charge in [-0.1, -0.05) is 109 Å². The van der Waals surface area contributed by atoms with E-state index in [2.05, 4.69) is 6.92 Å². The van der Waals surface area contributed by atoms with E-state index in [-0.39, 0.29) is 0 Å². The van der Waals surface area contributed by atoms with E-state index >= 15 is 0 Å². The molecule has 2 N–H and O–H groups in total. The van der Waals surface area contributed by atoms with E-state index < -0.39 is 17.9 Å². The van der Waals surface area contributed by atoms with Gasteiger partial charge in [-0.05, 0) is 12.8 Å². The second-order valence-corrected chi connectivity index (χ2v) is 7.32. The maximum Gasteiger partial charge on any atom is 0.321 e. The molecule has 0 aliphatic rings. The summed E-state index contributed by atoms with van der Waals surface area (Å²) in [6.45, 7) is 2.26. The first kappa shape index (κ1) is 24.7. The number of hydrogen-bond donors (Lipinski definition) is 2. The number of unbranched alkanes of at least 4 members (excludes halogenated alkanes) is 15. The van der Waals surface area contributed by atoms with Crippen LogP contribution in [0.5, 0.6) is 0 Å². The summed E-state index contributed by atoms with van der Waals surface area (Å²) in [5.74, 6) is -4.01. The highest BCUT2D eigenvalue weighted by atomic mass is 16.4. The standard InChI is InChI=1S/C22H40O4/c1-2-3-4-5-6-7-8-9-10-11-12-13-14-15-16-17-18-19-20(21(23)24)22(25)26/h18-20H,2-17H2,1H3,(H,23,24)(H,25,26)/b19-18-. The fraction of sp³-hybridized carbons (Fsp3) is 0.818. The average molecular weight is 369 g/mol. The Morgan fingerprint density at radius 1 is 0.654 bits per heavy atom. The molecule has 0 bridgehead atoms. The van der Waals surface area contributed by atoms with Crippen LogP contribution in [0.2, 0.25) is 0 Å². The van der Waals surface area contributed by atoms with Gasteiger partial charge in [0.05, 0.1) is 0 Å². The molecule has 26 heavy (non-hydrogen) atoms. The van der Waals surface area contributed by atoms with Crippen LogP contribution in [0.25, 0.3) is 0 Å². The molecule has 0 spiro atoms. The topological polar surface area (TPSA) is 74.6 Å². The van der Waals surface area contributed by atoms with E-state index in [4.69, 9.17) is 10.2 Å². The first-order valence-corrected chi connectivity index (χ1v) is 10.7. The molecule has 0 aromatic heterocycles. The Labute approximate surface area is 160 Å². The minimum atomic E-state index is -1.41. The minimum absolute atomic E-state index is 0.759. The molecular formula is C22H40O4. The van der Waals surface area contributed by atoms with E-state index in [1.54, 1.807) is 6.08 Å². The van der Waals surface area contributed by atoms with Gasteiger partial charge in [0.1, 0.15) is 0 Å². The van der Waals surface area contributed by atoms with Crippen LogP contribution in [0.3, 0.4) is 0 Å². The van der Waals surface area contributed by atoms with Gasteiger partial charge < -0.3 is 10.2 Å². The molecule has 0 aliphatic heterocycles. The fourth-order valence-corrected chi connectivity index (χ4v) is 3.14. The Kier molecular flexibility index (Phi) is 17.5.